The molecule has 1 unspecified atom stereocenters. The van der Waals surface area contributed by atoms with Crippen LogP contribution in [0.25, 0.3) is 0 Å². The van der Waals surface area contributed by atoms with Crippen LogP contribution >= 0.6 is 0 Å². The summed E-state index contributed by atoms with van der Waals surface area (Å²) in [5.41, 5.74) is 6.72. The van der Waals surface area contributed by atoms with Gasteiger partial charge in [-0.2, -0.15) is 0 Å². The van der Waals surface area contributed by atoms with Crippen molar-refractivity contribution in [2.24, 2.45) is 11.7 Å². The van der Waals surface area contributed by atoms with Crippen LogP contribution in [0.3, 0.4) is 0 Å². The summed E-state index contributed by atoms with van der Waals surface area (Å²) in [6.07, 6.45) is 3.69. The van der Waals surface area contributed by atoms with Gasteiger partial charge in [-0.15, -0.1) is 0 Å². The van der Waals surface area contributed by atoms with Crippen molar-refractivity contribution < 1.29 is 19.1 Å². The number of nitrogens with zero attached hydrogens (tertiary/aromatic N) is 2. The summed E-state index contributed by atoms with van der Waals surface area (Å²) in [4.78, 5) is 30.0. The minimum absolute atomic E-state index is 0.0157. The zero-order chi connectivity index (χ0) is 18.2. The van der Waals surface area contributed by atoms with E-state index in [0.717, 1.165) is 37.3 Å². The lowest BCUT2D eigenvalue weighted by Crippen LogP contribution is -2.37. The second kappa shape index (κ2) is 9.36. The summed E-state index contributed by atoms with van der Waals surface area (Å²) in [6, 6.07) is 3.18. The number of rotatable bonds is 7. The number of ether oxygens (including phenoxy) is 2. The number of hydrogen-bond acceptors (Lipinski definition) is 7. The highest BCUT2D eigenvalue weighted by Gasteiger charge is 2.26. The van der Waals surface area contributed by atoms with Crippen molar-refractivity contribution in [2.45, 2.75) is 39.2 Å². The maximum absolute atomic E-state index is 11.8. The molecular formula is C18H27N3O4. The van der Waals surface area contributed by atoms with Gasteiger partial charge in [0.15, 0.2) is 0 Å². The van der Waals surface area contributed by atoms with Crippen molar-refractivity contribution in [2.75, 3.05) is 31.2 Å². The highest BCUT2D eigenvalue weighted by molar-refractivity contribution is 5.75. The Morgan fingerprint density at radius 2 is 1.92 bits per heavy atom. The van der Waals surface area contributed by atoms with Crippen molar-refractivity contribution in [3.8, 4) is 0 Å². The van der Waals surface area contributed by atoms with Crippen LogP contribution in [-0.2, 0) is 25.5 Å². The van der Waals surface area contributed by atoms with E-state index in [1.54, 1.807) is 13.1 Å². The third kappa shape index (κ3) is 5.42. The molecule has 2 heterocycles. The van der Waals surface area contributed by atoms with Crippen LogP contribution in [0.1, 0.15) is 32.3 Å². The van der Waals surface area contributed by atoms with Crippen LogP contribution < -0.4 is 10.6 Å². The molecule has 1 aliphatic heterocycles. The van der Waals surface area contributed by atoms with Crippen LogP contribution in [0.4, 0.5) is 5.82 Å². The second-order valence-electron chi connectivity index (χ2n) is 6.10. The molecule has 7 heteroatoms. The predicted octanol–water partition coefficient (Wildman–Crippen LogP) is 1.29. The molecule has 25 heavy (non-hydrogen) atoms. The zero-order valence-electron chi connectivity index (χ0n) is 14.9. The number of pyridine rings is 1. The topological polar surface area (TPSA) is 94.8 Å². The Hall–Kier alpha value is -2.15. The number of hydrogen-bond donors (Lipinski definition) is 1. The molecule has 7 nitrogen and oxygen atoms in total. The van der Waals surface area contributed by atoms with Gasteiger partial charge < -0.3 is 20.1 Å². The molecule has 0 aliphatic carbocycles. The number of carbonyl (C=O) groups excluding carboxylic acids is 2. The normalized spacial score (nSPS) is 16.4. The van der Waals surface area contributed by atoms with E-state index >= 15 is 0 Å². The Morgan fingerprint density at radius 3 is 2.48 bits per heavy atom. The van der Waals surface area contributed by atoms with Crippen LogP contribution in [-0.4, -0.2) is 49.3 Å². The van der Waals surface area contributed by atoms with Crippen LogP contribution in [0.2, 0.25) is 0 Å². The van der Waals surface area contributed by atoms with Crippen molar-refractivity contribution >= 4 is 17.8 Å². The third-order valence-corrected chi connectivity index (χ3v) is 4.29. The van der Waals surface area contributed by atoms with E-state index in [1.807, 2.05) is 19.1 Å². The van der Waals surface area contributed by atoms with Gasteiger partial charge in [-0.1, -0.05) is 6.07 Å². The highest BCUT2D eigenvalue weighted by atomic mass is 16.5. The number of nitrogens with two attached hydrogens (primary N) is 1. The van der Waals surface area contributed by atoms with Gasteiger partial charge in [0.05, 0.1) is 19.1 Å². The Bertz CT molecular complexity index is 568. The van der Waals surface area contributed by atoms with E-state index < -0.39 is 12.0 Å². The molecule has 1 aliphatic rings. The third-order valence-electron chi connectivity index (χ3n) is 4.29. The van der Waals surface area contributed by atoms with E-state index in [4.69, 9.17) is 15.2 Å². The number of anilines is 1. The Balaban J connectivity index is 1.86. The molecule has 1 aromatic rings. The zero-order valence-corrected chi connectivity index (χ0v) is 14.9. The first-order valence-electron chi connectivity index (χ1n) is 8.83. The van der Waals surface area contributed by atoms with Crippen LogP contribution in [0.15, 0.2) is 18.3 Å². The lowest BCUT2D eigenvalue weighted by atomic mass is 9.97. The summed E-state index contributed by atoms with van der Waals surface area (Å²) in [7, 11) is 0. The molecule has 1 atom stereocenters. The molecule has 0 aromatic carbocycles. The van der Waals surface area contributed by atoms with Gasteiger partial charge in [0, 0.05) is 19.3 Å². The molecule has 2 rings (SSSR count). The fourth-order valence-electron chi connectivity index (χ4n) is 2.92. The van der Waals surface area contributed by atoms with E-state index in [2.05, 4.69) is 9.88 Å². The standard InChI is InChI=1S/C18H27N3O4/c1-3-24-17(22)14-7-9-21(10-8-14)16-6-5-13(12-20-16)11-15(19)18(23)25-4-2/h5-6,12,14-15H,3-4,7-11,19H2,1-2H3. The average molecular weight is 349 g/mol. The number of esters is 2. The molecule has 1 aromatic heterocycles. The molecular weight excluding hydrogens is 322 g/mol. The Labute approximate surface area is 148 Å². The maximum Gasteiger partial charge on any atom is 0.323 e. The van der Waals surface area contributed by atoms with Crippen molar-refractivity contribution in [1.82, 2.24) is 4.98 Å². The van der Waals surface area contributed by atoms with Crippen LogP contribution in [0.5, 0.6) is 0 Å². The summed E-state index contributed by atoms with van der Waals surface area (Å²) in [6.45, 7) is 5.89. The molecule has 0 spiro atoms. The molecule has 1 saturated heterocycles. The summed E-state index contributed by atoms with van der Waals surface area (Å²) >= 11 is 0. The quantitative estimate of drug-likeness (QED) is 0.741. The van der Waals surface area contributed by atoms with Crippen LogP contribution in [0, 0.1) is 5.92 Å². The molecule has 0 radical (unpaired) electrons. The van der Waals surface area contributed by atoms with Crippen molar-refractivity contribution in [1.29, 1.82) is 0 Å². The van der Waals surface area contributed by atoms with E-state index in [-0.39, 0.29) is 11.9 Å². The minimum Gasteiger partial charge on any atom is -0.466 e. The monoisotopic (exact) mass is 349 g/mol. The van der Waals surface area contributed by atoms with Crippen molar-refractivity contribution in [3.05, 3.63) is 23.9 Å². The number of aromatic nitrogens is 1. The van der Waals surface area contributed by atoms with Gasteiger partial charge in [0.1, 0.15) is 11.9 Å². The van der Waals surface area contributed by atoms with Gasteiger partial charge in [-0.25, -0.2) is 4.98 Å². The lowest BCUT2D eigenvalue weighted by Gasteiger charge is -2.31. The highest BCUT2D eigenvalue weighted by Crippen LogP contribution is 2.23. The fourth-order valence-corrected chi connectivity index (χ4v) is 2.92. The molecule has 0 bridgehead atoms. The van der Waals surface area contributed by atoms with Gasteiger partial charge in [0.2, 0.25) is 0 Å². The fraction of sp³-hybridized carbons (Fsp3) is 0.611. The first-order valence-corrected chi connectivity index (χ1v) is 8.83. The van der Waals surface area contributed by atoms with Gasteiger partial charge in [0.25, 0.3) is 0 Å². The summed E-state index contributed by atoms with van der Waals surface area (Å²) in [5.74, 6) is 0.361. The Morgan fingerprint density at radius 1 is 1.24 bits per heavy atom. The molecule has 2 N–H and O–H groups in total. The smallest absolute Gasteiger partial charge is 0.323 e. The SMILES string of the molecule is CCOC(=O)C(N)Cc1ccc(N2CCC(C(=O)OCC)CC2)nc1. The predicted molar refractivity (Wildman–Crippen MR) is 94.1 cm³/mol. The molecule has 0 amide bonds. The first-order chi connectivity index (χ1) is 12.0. The summed E-state index contributed by atoms with van der Waals surface area (Å²) in [5, 5.41) is 0. The maximum atomic E-state index is 11.8. The first kappa shape index (κ1) is 19.2. The Kier molecular flexibility index (Phi) is 7.18. The van der Waals surface area contributed by atoms with E-state index in [1.165, 1.54) is 0 Å². The summed E-state index contributed by atoms with van der Waals surface area (Å²) < 4.78 is 10.0. The van der Waals surface area contributed by atoms with E-state index in [9.17, 15) is 9.59 Å². The minimum atomic E-state index is -0.673. The van der Waals surface area contributed by atoms with Gasteiger partial charge in [-0.3, -0.25) is 9.59 Å². The largest absolute Gasteiger partial charge is 0.466 e. The number of carbonyl (C=O) groups is 2. The lowest BCUT2D eigenvalue weighted by molar-refractivity contribution is -0.148. The van der Waals surface area contributed by atoms with Crippen molar-refractivity contribution in [3.63, 3.8) is 0 Å². The van der Waals surface area contributed by atoms with E-state index in [0.29, 0.717) is 19.6 Å². The second-order valence-corrected chi connectivity index (χ2v) is 6.10. The number of piperidine rings is 1. The van der Waals surface area contributed by atoms with Gasteiger partial charge in [-0.05, 0) is 44.7 Å². The molecule has 1 fully saturated rings. The average Bonchev–Trinajstić information content (AvgIpc) is 2.63. The van der Waals surface area contributed by atoms with Gasteiger partial charge >= 0.3 is 11.9 Å². The molecule has 0 saturated carbocycles. The molecule has 138 valence electrons.